The van der Waals surface area contributed by atoms with Crippen LogP contribution in [0, 0.1) is 0 Å². The van der Waals surface area contributed by atoms with E-state index < -0.39 is 41.4 Å². The summed E-state index contributed by atoms with van der Waals surface area (Å²) < 4.78 is 53.4. The Hall–Kier alpha value is -1.40. The van der Waals surface area contributed by atoms with Gasteiger partial charge in [-0.1, -0.05) is 41.5 Å². The summed E-state index contributed by atoms with van der Waals surface area (Å²) in [5.41, 5.74) is 0.419. The van der Waals surface area contributed by atoms with Crippen molar-refractivity contribution >= 4 is 46.0 Å². The van der Waals surface area contributed by atoms with Crippen LogP contribution in [0.2, 0.25) is 36.3 Å². The highest BCUT2D eigenvalue weighted by Gasteiger charge is 2.42. The molecule has 40 heavy (non-hydrogen) atoms. The Morgan fingerprint density at radius 1 is 1.00 bits per heavy atom. The van der Waals surface area contributed by atoms with Gasteiger partial charge in [0.25, 0.3) is 0 Å². The maximum atomic E-state index is 14.3. The smallest absolute Gasteiger partial charge is 0.231 e. The predicted molar refractivity (Wildman–Crippen MR) is 165 cm³/mol. The average molecular weight is 650 g/mol. The quantitative estimate of drug-likeness (QED) is 0.308. The summed E-state index contributed by atoms with van der Waals surface area (Å²) in [6.45, 7) is 22.3. The normalized spacial score (nSPS) is 21.2. The lowest BCUT2D eigenvalue weighted by atomic mass is 10.1. The average Bonchev–Trinajstić information content (AvgIpc) is 3.38. The van der Waals surface area contributed by atoms with E-state index >= 15 is 0 Å². The molecule has 11 nitrogen and oxygen atoms in total. The summed E-state index contributed by atoms with van der Waals surface area (Å²) in [6.07, 6.45) is 2.09. The molecule has 226 valence electrons. The Morgan fingerprint density at radius 3 is 2.20 bits per heavy atom. The third kappa shape index (κ3) is 5.78. The summed E-state index contributed by atoms with van der Waals surface area (Å²) in [5.74, 6) is 0.661. The molecular weight excluding hydrogens is 606 g/mol. The Balaban J connectivity index is 1.83. The van der Waals surface area contributed by atoms with Gasteiger partial charge in [0.1, 0.15) is 26.6 Å². The minimum absolute atomic E-state index is 0.149. The van der Waals surface area contributed by atoms with E-state index in [9.17, 15) is 8.42 Å². The van der Waals surface area contributed by atoms with Gasteiger partial charge in [0.05, 0.1) is 12.8 Å². The number of rotatable bonds is 5. The monoisotopic (exact) mass is 649 g/mol. The third-order valence-electron chi connectivity index (χ3n) is 8.51. The summed E-state index contributed by atoms with van der Waals surface area (Å²) >= 11 is 0. The zero-order valence-corrected chi connectivity index (χ0v) is 29.7. The van der Waals surface area contributed by atoms with Gasteiger partial charge in [-0.2, -0.15) is 10.2 Å². The molecule has 16 heteroatoms. The topological polar surface area (TPSA) is 139 Å². The van der Waals surface area contributed by atoms with Gasteiger partial charge < -0.3 is 9.47 Å². The fourth-order valence-electron chi connectivity index (χ4n) is 4.03. The molecule has 2 aliphatic rings. The summed E-state index contributed by atoms with van der Waals surface area (Å²) in [7, 11) is -4.65. The second-order valence-corrected chi connectivity index (χ2v) is 28.6. The Labute approximate surface area is 245 Å². The van der Waals surface area contributed by atoms with Crippen LogP contribution in [0.15, 0.2) is 24.0 Å². The van der Waals surface area contributed by atoms with Gasteiger partial charge in [-0.3, -0.25) is 8.06 Å². The molecule has 0 fully saturated rings. The molecule has 2 aromatic rings. The fourth-order valence-corrected chi connectivity index (χ4v) is 15.4. The first-order valence-electron chi connectivity index (χ1n) is 13.6. The molecule has 0 bridgehead atoms. The molecule has 0 saturated carbocycles. The van der Waals surface area contributed by atoms with Crippen molar-refractivity contribution in [1.82, 2.24) is 19.6 Å². The maximum Gasteiger partial charge on any atom is 0.231 e. The second kappa shape index (κ2) is 10.1. The summed E-state index contributed by atoms with van der Waals surface area (Å²) in [6, 6.07) is 0. The molecule has 3 atom stereocenters. The highest BCUT2D eigenvalue weighted by molar-refractivity contribution is 8.16. The molecule has 0 radical (unpaired) electrons. The van der Waals surface area contributed by atoms with E-state index in [0.717, 1.165) is 6.42 Å². The SMILES string of the molecule is CC(C)(C)[Si](C)(C)N=S(N)(=O)c1cnn2c1OC(c1nn3c(c1S(=O)(Cl)=N[Si](C)(C)C(C)(C)C)OCCC3)CC2. The maximum absolute atomic E-state index is 14.3. The summed E-state index contributed by atoms with van der Waals surface area (Å²) in [4.78, 5) is 0.527. The number of fused-ring (bicyclic) bond motifs is 2. The Morgan fingerprint density at radius 2 is 1.60 bits per heavy atom. The lowest BCUT2D eigenvalue weighted by molar-refractivity contribution is 0.123. The lowest BCUT2D eigenvalue weighted by Crippen LogP contribution is -2.37. The zero-order valence-electron chi connectivity index (χ0n) is 25.3. The number of aromatic nitrogens is 4. The van der Waals surface area contributed by atoms with Gasteiger partial charge in [-0.25, -0.2) is 22.9 Å². The van der Waals surface area contributed by atoms with Gasteiger partial charge >= 0.3 is 0 Å². The van der Waals surface area contributed by atoms with Crippen LogP contribution in [0.4, 0.5) is 0 Å². The number of halogens is 1. The van der Waals surface area contributed by atoms with Crippen molar-refractivity contribution in [1.29, 1.82) is 0 Å². The number of nitrogens with zero attached hydrogens (tertiary/aromatic N) is 6. The third-order valence-corrected chi connectivity index (χ3v) is 24.4. The largest absolute Gasteiger partial charge is 0.477 e. The first-order chi connectivity index (χ1) is 18.1. The molecule has 0 aromatic carbocycles. The van der Waals surface area contributed by atoms with E-state index in [1.165, 1.54) is 6.20 Å². The van der Waals surface area contributed by atoms with Crippen LogP contribution in [-0.2, 0) is 31.9 Å². The van der Waals surface area contributed by atoms with Gasteiger partial charge in [-0.05, 0) is 36.3 Å². The first-order valence-corrected chi connectivity index (χ1v) is 23.4. The van der Waals surface area contributed by atoms with E-state index in [2.05, 4.69) is 59.7 Å². The van der Waals surface area contributed by atoms with Crippen LogP contribution in [0.5, 0.6) is 11.8 Å². The number of aryl methyl sites for hydroxylation is 2. The van der Waals surface area contributed by atoms with Gasteiger partial charge in [-0.15, -0.1) is 0 Å². The molecule has 2 aromatic heterocycles. The van der Waals surface area contributed by atoms with Crippen molar-refractivity contribution in [2.24, 2.45) is 13.2 Å². The molecule has 0 amide bonds. The second-order valence-electron chi connectivity index (χ2n) is 13.7. The molecule has 3 unspecified atom stereocenters. The number of hydrogen-bond acceptors (Lipinski definition) is 8. The standard InChI is InChI=1S/C24H44ClN7O4S2Si2/c1-23(2,3)39(7,8)29-37(25,33)20-19(28-32-13-11-15-35-22(20)32)17-12-14-31-21(36-17)18(16-27-31)38(26,34)30-40(9,10)24(4,5)6/h16-17H,11-15H2,1-10H3,(H2,26,30,34). The summed E-state index contributed by atoms with van der Waals surface area (Å²) in [5, 5.41) is 15.3. The van der Waals surface area contributed by atoms with Crippen LogP contribution in [-0.4, -0.2) is 51.1 Å². The van der Waals surface area contributed by atoms with Crippen molar-refractivity contribution in [3.63, 3.8) is 0 Å². The van der Waals surface area contributed by atoms with Gasteiger partial charge in [0.2, 0.25) is 11.8 Å². The van der Waals surface area contributed by atoms with Gasteiger partial charge in [0.15, 0.2) is 30.3 Å². The number of ether oxygens (including phenoxy) is 2. The van der Waals surface area contributed by atoms with Crippen molar-refractivity contribution in [2.75, 3.05) is 6.61 Å². The highest BCUT2D eigenvalue weighted by Crippen LogP contribution is 2.45. The van der Waals surface area contributed by atoms with E-state index in [0.29, 0.717) is 37.7 Å². The molecule has 4 rings (SSSR count). The molecule has 4 heterocycles. The molecule has 0 saturated heterocycles. The van der Waals surface area contributed by atoms with E-state index in [1.807, 2.05) is 13.1 Å². The number of nitrogens with two attached hydrogens (primary N) is 1. The van der Waals surface area contributed by atoms with Crippen molar-refractivity contribution < 1.29 is 17.9 Å². The molecular formula is C24H44ClN7O4S2Si2. The molecule has 0 spiro atoms. The first kappa shape index (κ1) is 31.5. The minimum atomic E-state index is -3.42. The Kier molecular flexibility index (Phi) is 7.97. The van der Waals surface area contributed by atoms with Crippen molar-refractivity contribution in [2.45, 2.75) is 120 Å². The highest BCUT2D eigenvalue weighted by atomic mass is 35.7. The van der Waals surface area contributed by atoms with E-state index in [4.69, 9.17) is 38.5 Å². The fraction of sp³-hybridized carbons (Fsp3) is 0.750. The number of hydrogen-bond donors (Lipinski definition) is 1. The van der Waals surface area contributed by atoms with Crippen LogP contribution < -0.4 is 14.6 Å². The zero-order chi connectivity index (χ0) is 30.1. The van der Waals surface area contributed by atoms with Crippen LogP contribution in [0.1, 0.15) is 66.2 Å². The van der Waals surface area contributed by atoms with Crippen molar-refractivity contribution in [3.05, 3.63) is 11.9 Å². The van der Waals surface area contributed by atoms with E-state index in [1.54, 1.807) is 9.36 Å². The van der Waals surface area contributed by atoms with Crippen LogP contribution in [0.25, 0.3) is 0 Å². The lowest BCUT2D eigenvalue weighted by Gasteiger charge is -2.33. The molecule has 2 N–H and O–H groups in total. The molecule has 0 aliphatic carbocycles. The van der Waals surface area contributed by atoms with Crippen LogP contribution in [0.3, 0.4) is 0 Å². The van der Waals surface area contributed by atoms with Crippen molar-refractivity contribution in [3.8, 4) is 11.8 Å². The van der Waals surface area contributed by atoms with Crippen LogP contribution >= 0.6 is 10.7 Å². The predicted octanol–water partition coefficient (Wildman–Crippen LogP) is 6.08. The van der Waals surface area contributed by atoms with E-state index in [-0.39, 0.29) is 25.7 Å². The Bertz CT molecular complexity index is 1550. The minimum Gasteiger partial charge on any atom is -0.477 e. The molecule has 2 aliphatic heterocycles. The van der Waals surface area contributed by atoms with Gasteiger partial charge in [0, 0.05) is 36.6 Å².